The van der Waals surface area contributed by atoms with E-state index < -0.39 is 11.8 Å². The van der Waals surface area contributed by atoms with Gasteiger partial charge in [0.25, 0.3) is 11.8 Å². The number of carbonyl (C=O) groups excluding carboxylic acids is 4. The number of hydrogen-bond acceptors (Lipinski definition) is 10. The van der Waals surface area contributed by atoms with Crippen LogP contribution < -0.4 is 26.8 Å². The Morgan fingerprint density at radius 3 is 1.95 bits per heavy atom. The number of benzene rings is 1. The molecule has 0 unspecified atom stereocenters. The van der Waals surface area contributed by atoms with Crippen LogP contribution in [0.15, 0.2) is 61.1 Å². The number of nitrogens with zero attached hydrogens (tertiary/aromatic N) is 8. The van der Waals surface area contributed by atoms with E-state index in [2.05, 4.69) is 25.5 Å². The predicted molar refractivity (Wildman–Crippen MR) is 226 cm³/mol. The summed E-state index contributed by atoms with van der Waals surface area (Å²) in [7, 11) is 0. The van der Waals surface area contributed by atoms with Crippen molar-refractivity contribution in [3.63, 3.8) is 0 Å². The van der Waals surface area contributed by atoms with Crippen LogP contribution in [0.1, 0.15) is 73.1 Å². The number of nitrogens with one attached hydrogen (secondary N) is 2. The number of fused-ring (bicyclic) bond motifs is 2. The molecule has 0 saturated carbocycles. The summed E-state index contributed by atoms with van der Waals surface area (Å²) in [4.78, 5) is 68.1. The van der Waals surface area contributed by atoms with Crippen LogP contribution in [-0.4, -0.2) is 101 Å². The van der Waals surface area contributed by atoms with Crippen LogP contribution in [0, 0.1) is 13.8 Å². The Balaban J connectivity index is 1.22. The molecule has 0 spiro atoms. The first kappa shape index (κ1) is 41.4. The normalized spacial score (nSPS) is 13.4. The Morgan fingerprint density at radius 2 is 1.35 bits per heavy atom. The molecule has 0 aliphatic carbocycles. The molecule has 314 valence electrons. The van der Waals surface area contributed by atoms with Gasteiger partial charge in [-0.05, 0) is 75.6 Å². The van der Waals surface area contributed by atoms with Gasteiger partial charge in [0, 0.05) is 70.0 Å². The predicted octanol–water partition coefficient (Wildman–Crippen LogP) is 4.10. The number of aromatic nitrogens is 7. The molecule has 18 nitrogen and oxygen atoms in total. The van der Waals surface area contributed by atoms with Gasteiger partial charge in [-0.3, -0.25) is 39.3 Å². The third-order valence-electron chi connectivity index (χ3n) is 10.3. The molecule has 0 bridgehead atoms. The monoisotopic (exact) mass is 818 g/mol. The van der Waals surface area contributed by atoms with E-state index in [1.807, 2.05) is 72.0 Å². The molecule has 6 aromatic rings. The number of hydrogen-bond donors (Lipinski definition) is 4. The maximum absolute atomic E-state index is 13.8. The fourth-order valence-electron chi connectivity index (χ4n) is 7.37. The molecule has 1 aliphatic heterocycles. The highest BCUT2D eigenvalue weighted by Crippen LogP contribution is 2.32. The molecule has 1 aliphatic rings. The summed E-state index contributed by atoms with van der Waals surface area (Å²) in [5.41, 5.74) is 16.3. The topological polar surface area (TPSA) is 224 Å². The Hall–Kier alpha value is -6.79. The largest absolute Gasteiger partial charge is 0.491 e. The molecule has 60 heavy (non-hydrogen) atoms. The van der Waals surface area contributed by atoms with E-state index in [1.165, 1.54) is 12.3 Å². The highest BCUT2D eigenvalue weighted by Gasteiger charge is 2.23. The SMILES string of the molecule is CCn1cc(C)cc1C(=O)Nc1nc2cc(C(N)=O)cnc2n1C/C=C/Cn1c(NC(=O)c2cc(C)cn2CC)nc2cc(C(N)=O)cc(OCCCN3CCOCC3)c21. The second kappa shape index (κ2) is 18.0. The van der Waals surface area contributed by atoms with Crippen LogP contribution in [-0.2, 0) is 30.9 Å². The van der Waals surface area contributed by atoms with Crippen molar-refractivity contribution < 1.29 is 28.7 Å². The smallest absolute Gasteiger partial charge is 0.274 e. The lowest BCUT2D eigenvalue weighted by Gasteiger charge is -2.26. The molecule has 0 radical (unpaired) electrons. The van der Waals surface area contributed by atoms with Gasteiger partial charge in [-0.2, -0.15) is 0 Å². The van der Waals surface area contributed by atoms with Crippen LogP contribution in [0.5, 0.6) is 5.75 Å². The number of aryl methyl sites for hydroxylation is 4. The minimum absolute atomic E-state index is 0.178. The highest BCUT2D eigenvalue weighted by atomic mass is 16.5. The first-order valence-corrected chi connectivity index (χ1v) is 20.0. The van der Waals surface area contributed by atoms with E-state index in [0.29, 0.717) is 72.2 Å². The Bertz CT molecular complexity index is 2610. The molecule has 1 aromatic carbocycles. The number of imidazole rings is 2. The molecule has 7 rings (SSSR count). The van der Waals surface area contributed by atoms with E-state index >= 15 is 0 Å². The van der Waals surface area contributed by atoms with E-state index in [1.54, 1.807) is 22.8 Å². The zero-order chi connectivity index (χ0) is 42.5. The average Bonchev–Trinajstić information content (AvgIpc) is 4.00. The number of allylic oxidation sites excluding steroid dienone is 2. The third kappa shape index (κ3) is 8.93. The van der Waals surface area contributed by atoms with Gasteiger partial charge in [0.2, 0.25) is 23.7 Å². The molecule has 1 fully saturated rings. The van der Waals surface area contributed by atoms with Crippen LogP contribution in [0.2, 0.25) is 0 Å². The number of nitrogens with two attached hydrogens (primary N) is 2. The van der Waals surface area contributed by atoms with Gasteiger partial charge in [0.1, 0.15) is 28.2 Å². The number of carbonyl (C=O) groups is 4. The number of pyridine rings is 1. The number of amides is 4. The van der Waals surface area contributed by atoms with Gasteiger partial charge < -0.3 is 34.6 Å². The first-order chi connectivity index (χ1) is 28.9. The lowest BCUT2D eigenvalue weighted by Crippen LogP contribution is -2.37. The van der Waals surface area contributed by atoms with Gasteiger partial charge in [-0.25, -0.2) is 15.0 Å². The van der Waals surface area contributed by atoms with E-state index in [0.717, 1.165) is 37.2 Å². The molecule has 18 heteroatoms. The number of ether oxygens (including phenoxy) is 2. The summed E-state index contributed by atoms with van der Waals surface area (Å²) >= 11 is 0. The van der Waals surface area contributed by atoms with E-state index in [-0.39, 0.29) is 47.9 Å². The number of morpholine rings is 1. The van der Waals surface area contributed by atoms with E-state index in [4.69, 9.17) is 25.9 Å². The first-order valence-electron chi connectivity index (χ1n) is 20.0. The fourth-order valence-corrected chi connectivity index (χ4v) is 7.37. The minimum atomic E-state index is -0.655. The summed E-state index contributed by atoms with van der Waals surface area (Å²) in [5, 5.41) is 5.93. The van der Waals surface area contributed by atoms with Crippen molar-refractivity contribution in [1.29, 1.82) is 0 Å². The molecule has 4 amide bonds. The van der Waals surface area contributed by atoms with Crippen LogP contribution in [0.25, 0.3) is 22.2 Å². The lowest BCUT2D eigenvalue weighted by atomic mass is 10.1. The van der Waals surface area contributed by atoms with Crippen molar-refractivity contribution >= 4 is 57.7 Å². The molecule has 0 atom stereocenters. The summed E-state index contributed by atoms with van der Waals surface area (Å²) in [6.07, 6.45) is 9.64. The Kier molecular flexibility index (Phi) is 12.4. The van der Waals surface area contributed by atoms with Crippen LogP contribution in [0.4, 0.5) is 11.9 Å². The average molecular weight is 819 g/mol. The van der Waals surface area contributed by atoms with Crippen molar-refractivity contribution in [2.75, 3.05) is 50.1 Å². The Morgan fingerprint density at radius 1 is 0.783 bits per heavy atom. The van der Waals surface area contributed by atoms with Crippen molar-refractivity contribution in [3.8, 4) is 5.75 Å². The summed E-state index contributed by atoms with van der Waals surface area (Å²) in [5.74, 6) is -1.17. The Labute approximate surface area is 346 Å². The summed E-state index contributed by atoms with van der Waals surface area (Å²) in [6, 6.07) is 8.34. The summed E-state index contributed by atoms with van der Waals surface area (Å²) < 4.78 is 19.1. The zero-order valence-corrected chi connectivity index (χ0v) is 34.2. The maximum atomic E-state index is 13.8. The standard InChI is InChI=1S/C42H50N12O6/c1-5-51-24-26(3)18-32(51)39(57)48-41-46-30-20-28(36(43)55)22-34(60-15-9-10-50-13-16-59-17-14-50)35(30)53(41)11-7-8-12-54-38-31(21-29(23-45-38)37(44)56)47-42(54)49-40(58)33-19-27(4)25-52(33)6-2/h7-8,18-25H,5-6,9-17H2,1-4H3,(H2,43,55)(H2,44,56)(H,46,48,57)(H,47,49,58)/b8-7+. The van der Waals surface area contributed by atoms with Crippen LogP contribution >= 0.6 is 0 Å². The van der Waals surface area contributed by atoms with Crippen LogP contribution in [0.3, 0.4) is 0 Å². The molecular formula is C42H50N12O6. The molecule has 6 heterocycles. The third-order valence-corrected chi connectivity index (χ3v) is 10.3. The quantitative estimate of drug-likeness (QED) is 0.0762. The molecule has 5 aromatic heterocycles. The van der Waals surface area contributed by atoms with Gasteiger partial charge >= 0.3 is 0 Å². The zero-order valence-electron chi connectivity index (χ0n) is 34.2. The number of anilines is 2. The van der Waals surface area contributed by atoms with Crippen molar-refractivity contribution in [2.24, 2.45) is 11.5 Å². The number of primary amides is 2. The highest BCUT2D eigenvalue weighted by molar-refractivity contribution is 6.05. The second-order valence-electron chi connectivity index (χ2n) is 14.6. The van der Waals surface area contributed by atoms with Crippen molar-refractivity contribution in [1.82, 2.24) is 38.1 Å². The van der Waals surface area contributed by atoms with Gasteiger partial charge in [-0.15, -0.1) is 0 Å². The fraction of sp³-hybridized carbons (Fsp3) is 0.357. The van der Waals surface area contributed by atoms with Crippen molar-refractivity contribution in [2.45, 2.75) is 60.3 Å². The van der Waals surface area contributed by atoms with Gasteiger partial charge in [-0.1, -0.05) is 12.2 Å². The molecule has 6 N–H and O–H groups in total. The maximum Gasteiger partial charge on any atom is 0.274 e. The lowest BCUT2D eigenvalue weighted by molar-refractivity contribution is 0.0358. The number of rotatable bonds is 17. The molecule has 1 saturated heterocycles. The second-order valence-corrected chi connectivity index (χ2v) is 14.6. The van der Waals surface area contributed by atoms with Crippen molar-refractivity contribution in [3.05, 3.63) is 94.7 Å². The minimum Gasteiger partial charge on any atom is -0.491 e. The molecular weight excluding hydrogens is 769 g/mol. The summed E-state index contributed by atoms with van der Waals surface area (Å²) in [6.45, 7) is 13.6. The van der Waals surface area contributed by atoms with E-state index in [9.17, 15) is 19.2 Å². The van der Waals surface area contributed by atoms with Gasteiger partial charge in [0.05, 0.1) is 30.9 Å². The van der Waals surface area contributed by atoms with Gasteiger partial charge in [0.15, 0.2) is 5.65 Å².